The molecule has 1 heterocycles. The summed E-state index contributed by atoms with van der Waals surface area (Å²) >= 11 is 0. The summed E-state index contributed by atoms with van der Waals surface area (Å²) in [5.41, 5.74) is 0.0724. The standard InChI is InChI=1S/C11H14N2O3/c1-3-16-11(15)8-6(2)12-9(7-4-5-7)13-10(8)14/h7H,3-5H2,1-2H3,(H,12,13,14). The number of aryl methyl sites for hydroxylation is 1. The first kappa shape index (κ1) is 10.9. The summed E-state index contributed by atoms with van der Waals surface area (Å²) in [6.45, 7) is 3.61. The minimum absolute atomic E-state index is 0.0197. The van der Waals surface area contributed by atoms with E-state index in [0.717, 1.165) is 12.8 Å². The minimum atomic E-state index is -0.601. The van der Waals surface area contributed by atoms with E-state index in [1.165, 1.54) is 0 Å². The molecule has 1 aromatic heterocycles. The van der Waals surface area contributed by atoms with Crippen LogP contribution in [0.3, 0.4) is 0 Å². The highest BCUT2D eigenvalue weighted by Gasteiger charge is 2.28. The van der Waals surface area contributed by atoms with E-state index in [9.17, 15) is 9.59 Å². The van der Waals surface area contributed by atoms with E-state index in [4.69, 9.17) is 4.74 Å². The van der Waals surface area contributed by atoms with Gasteiger partial charge >= 0.3 is 5.97 Å². The second-order valence-electron chi connectivity index (χ2n) is 3.91. The highest BCUT2D eigenvalue weighted by molar-refractivity contribution is 5.90. The van der Waals surface area contributed by atoms with E-state index >= 15 is 0 Å². The topological polar surface area (TPSA) is 72.0 Å². The fourth-order valence-corrected chi connectivity index (χ4v) is 1.60. The van der Waals surface area contributed by atoms with Crippen molar-refractivity contribution in [1.29, 1.82) is 0 Å². The van der Waals surface area contributed by atoms with Crippen molar-refractivity contribution in [1.82, 2.24) is 9.97 Å². The molecule has 0 unspecified atom stereocenters. The van der Waals surface area contributed by atoms with Gasteiger partial charge in [-0.2, -0.15) is 0 Å². The van der Waals surface area contributed by atoms with Crippen LogP contribution in [0.4, 0.5) is 0 Å². The minimum Gasteiger partial charge on any atom is -0.462 e. The van der Waals surface area contributed by atoms with Crippen molar-refractivity contribution in [2.45, 2.75) is 32.6 Å². The Balaban J connectivity index is 2.38. The van der Waals surface area contributed by atoms with Gasteiger partial charge in [0.05, 0.1) is 12.3 Å². The molecule has 0 aromatic carbocycles. The van der Waals surface area contributed by atoms with Crippen molar-refractivity contribution in [2.24, 2.45) is 0 Å². The van der Waals surface area contributed by atoms with Crippen LogP contribution in [-0.2, 0) is 4.74 Å². The van der Waals surface area contributed by atoms with Crippen LogP contribution in [0.1, 0.15) is 47.6 Å². The van der Waals surface area contributed by atoms with E-state index in [1.807, 2.05) is 0 Å². The largest absolute Gasteiger partial charge is 0.462 e. The third kappa shape index (κ3) is 1.98. The van der Waals surface area contributed by atoms with E-state index in [2.05, 4.69) is 9.97 Å². The number of hydrogen-bond acceptors (Lipinski definition) is 4. The van der Waals surface area contributed by atoms with Gasteiger partial charge in [0, 0.05) is 5.92 Å². The van der Waals surface area contributed by atoms with Crippen LogP contribution >= 0.6 is 0 Å². The highest BCUT2D eigenvalue weighted by atomic mass is 16.5. The Bertz CT molecular complexity index is 475. The first-order valence-electron chi connectivity index (χ1n) is 5.41. The third-order valence-corrected chi connectivity index (χ3v) is 2.56. The van der Waals surface area contributed by atoms with Gasteiger partial charge in [-0.05, 0) is 26.7 Å². The SMILES string of the molecule is CCOC(=O)c1c(C)nc(C2CC2)[nH]c1=O. The Kier molecular flexibility index (Phi) is 2.77. The number of aromatic nitrogens is 2. The first-order valence-corrected chi connectivity index (χ1v) is 5.41. The Morgan fingerprint density at radius 2 is 2.25 bits per heavy atom. The molecule has 0 bridgehead atoms. The van der Waals surface area contributed by atoms with Crippen LogP contribution in [0.15, 0.2) is 4.79 Å². The van der Waals surface area contributed by atoms with Gasteiger partial charge in [0.1, 0.15) is 11.4 Å². The molecule has 0 spiro atoms. The molecule has 5 nitrogen and oxygen atoms in total. The molecule has 86 valence electrons. The number of aromatic amines is 1. The van der Waals surface area contributed by atoms with Gasteiger partial charge < -0.3 is 9.72 Å². The second kappa shape index (κ2) is 4.08. The predicted molar refractivity (Wildman–Crippen MR) is 57.5 cm³/mol. The number of carbonyl (C=O) groups is 1. The van der Waals surface area contributed by atoms with Crippen molar-refractivity contribution >= 4 is 5.97 Å². The number of ether oxygens (including phenoxy) is 1. The fourth-order valence-electron chi connectivity index (χ4n) is 1.60. The molecule has 1 fully saturated rings. The summed E-state index contributed by atoms with van der Waals surface area (Å²) in [5, 5.41) is 0. The molecule has 5 heteroatoms. The lowest BCUT2D eigenvalue weighted by Crippen LogP contribution is -2.24. The van der Waals surface area contributed by atoms with Gasteiger partial charge in [0.25, 0.3) is 5.56 Å². The van der Waals surface area contributed by atoms with Gasteiger partial charge in [0.15, 0.2) is 0 Å². The van der Waals surface area contributed by atoms with Gasteiger partial charge in [-0.3, -0.25) is 4.79 Å². The summed E-state index contributed by atoms with van der Waals surface area (Å²) in [4.78, 5) is 30.1. The number of esters is 1. The molecule has 1 aliphatic carbocycles. The summed E-state index contributed by atoms with van der Waals surface area (Å²) < 4.78 is 4.81. The molecular weight excluding hydrogens is 208 g/mol. The summed E-state index contributed by atoms with van der Waals surface area (Å²) in [7, 11) is 0. The van der Waals surface area contributed by atoms with E-state index in [0.29, 0.717) is 17.4 Å². The van der Waals surface area contributed by atoms with Crippen molar-refractivity contribution < 1.29 is 9.53 Å². The molecule has 1 N–H and O–H groups in total. The lowest BCUT2D eigenvalue weighted by Gasteiger charge is -2.05. The Hall–Kier alpha value is -1.65. The molecule has 0 aliphatic heterocycles. The average Bonchev–Trinajstić information content (AvgIpc) is 2.99. The monoisotopic (exact) mass is 222 g/mol. The van der Waals surface area contributed by atoms with E-state index in [-0.39, 0.29) is 12.2 Å². The smallest absolute Gasteiger partial charge is 0.345 e. The normalized spacial score (nSPS) is 14.9. The van der Waals surface area contributed by atoms with Crippen molar-refractivity contribution in [2.75, 3.05) is 6.61 Å². The van der Waals surface area contributed by atoms with Crippen LogP contribution < -0.4 is 5.56 Å². The van der Waals surface area contributed by atoms with E-state index in [1.54, 1.807) is 13.8 Å². The number of H-pyrrole nitrogens is 1. The Morgan fingerprint density at radius 1 is 1.56 bits per heavy atom. The van der Waals surface area contributed by atoms with Gasteiger partial charge in [-0.1, -0.05) is 0 Å². The highest BCUT2D eigenvalue weighted by Crippen LogP contribution is 2.37. The second-order valence-corrected chi connectivity index (χ2v) is 3.91. The number of nitrogens with one attached hydrogen (secondary N) is 1. The van der Waals surface area contributed by atoms with Gasteiger partial charge in [0.2, 0.25) is 0 Å². The van der Waals surface area contributed by atoms with Gasteiger partial charge in [-0.25, -0.2) is 9.78 Å². The Labute approximate surface area is 92.9 Å². The quantitative estimate of drug-likeness (QED) is 0.778. The summed E-state index contributed by atoms with van der Waals surface area (Å²) in [5.74, 6) is 0.453. The molecule has 0 saturated heterocycles. The summed E-state index contributed by atoms with van der Waals surface area (Å²) in [6.07, 6.45) is 2.11. The maximum absolute atomic E-state index is 11.7. The number of rotatable bonds is 3. The maximum Gasteiger partial charge on any atom is 0.345 e. The molecule has 2 rings (SSSR count). The number of hydrogen-bond donors (Lipinski definition) is 1. The molecule has 0 radical (unpaired) electrons. The zero-order valence-electron chi connectivity index (χ0n) is 9.37. The van der Waals surface area contributed by atoms with Crippen molar-refractivity contribution in [3.8, 4) is 0 Å². The summed E-state index contributed by atoms with van der Waals surface area (Å²) in [6, 6.07) is 0. The molecule has 0 atom stereocenters. The molecule has 0 amide bonds. The lowest BCUT2D eigenvalue weighted by atomic mass is 10.2. The maximum atomic E-state index is 11.7. The molecule has 1 saturated carbocycles. The molecule has 1 aromatic rings. The third-order valence-electron chi connectivity index (χ3n) is 2.56. The van der Waals surface area contributed by atoms with Crippen molar-refractivity contribution in [3.05, 3.63) is 27.4 Å². The van der Waals surface area contributed by atoms with Crippen LogP contribution in [0.2, 0.25) is 0 Å². The number of carbonyl (C=O) groups excluding carboxylic acids is 1. The predicted octanol–water partition coefficient (Wildman–Crippen LogP) is 1.13. The molecule has 1 aliphatic rings. The fraction of sp³-hybridized carbons (Fsp3) is 0.545. The molecular formula is C11H14N2O3. The zero-order chi connectivity index (χ0) is 11.7. The van der Waals surface area contributed by atoms with Crippen LogP contribution in [0.25, 0.3) is 0 Å². The van der Waals surface area contributed by atoms with Crippen LogP contribution in [-0.4, -0.2) is 22.5 Å². The first-order chi connectivity index (χ1) is 7.63. The van der Waals surface area contributed by atoms with Gasteiger partial charge in [-0.15, -0.1) is 0 Å². The van der Waals surface area contributed by atoms with Crippen LogP contribution in [0, 0.1) is 6.92 Å². The Morgan fingerprint density at radius 3 is 2.75 bits per heavy atom. The molecule has 16 heavy (non-hydrogen) atoms. The average molecular weight is 222 g/mol. The van der Waals surface area contributed by atoms with Crippen LogP contribution in [0.5, 0.6) is 0 Å². The number of nitrogens with zero attached hydrogens (tertiary/aromatic N) is 1. The lowest BCUT2D eigenvalue weighted by molar-refractivity contribution is 0.0522. The van der Waals surface area contributed by atoms with Crippen molar-refractivity contribution in [3.63, 3.8) is 0 Å². The van der Waals surface area contributed by atoms with E-state index < -0.39 is 11.5 Å². The zero-order valence-corrected chi connectivity index (χ0v) is 9.37.